The molecule has 0 aliphatic carbocycles. The predicted molar refractivity (Wildman–Crippen MR) is 244 cm³/mol. The number of aromatic nitrogens is 5. The molecular formula is C51H31N7O4. The number of rotatable bonds is 8. The molecule has 0 bridgehead atoms. The van der Waals surface area contributed by atoms with E-state index in [1.807, 2.05) is 30.3 Å². The van der Waals surface area contributed by atoms with Crippen molar-refractivity contribution in [2.45, 2.75) is 0 Å². The topological polar surface area (TPSA) is 135 Å². The molecule has 0 aliphatic rings. The van der Waals surface area contributed by atoms with Gasteiger partial charge >= 0.3 is 0 Å². The van der Waals surface area contributed by atoms with E-state index in [0.717, 1.165) is 55.3 Å². The molecule has 11 heteroatoms. The predicted octanol–water partition coefficient (Wildman–Crippen LogP) is 12.6. The van der Waals surface area contributed by atoms with Gasteiger partial charge in [-0.1, -0.05) is 84.9 Å². The maximum atomic E-state index is 11.4. The van der Waals surface area contributed by atoms with Crippen LogP contribution in [0.4, 0.5) is 11.4 Å². The van der Waals surface area contributed by atoms with E-state index >= 15 is 0 Å². The maximum Gasteiger partial charge on any atom is 0.269 e. The summed E-state index contributed by atoms with van der Waals surface area (Å²) in [7, 11) is 0. The third-order valence-electron chi connectivity index (χ3n) is 11.4. The average molecular weight is 806 g/mol. The number of hydrogen-bond donors (Lipinski definition) is 0. The van der Waals surface area contributed by atoms with Gasteiger partial charge in [0.15, 0.2) is 17.5 Å². The summed E-state index contributed by atoms with van der Waals surface area (Å²) >= 11 is 0. The van der Waals surface area contributed by atoms with Gasteiger partial charge in [-0.15, -0.1) is 0 Å². The normalized spacial score (nSPS) is 11.5. The zero-order valence-electron chi connectivity index (χ0n) is 32.7. The van der Waals surface area contributed by atoms with Crippen molar-refractivity contribution in [1.82, 2.24) is 24.1 Å². The van der Waals surface area contributed by atoms with Crippen molar-refractivity contribution in [3.63, 3.8) is 0 Å². The van der Waals surface area contributed by atoms with E-state index in [9.17, 15) is 20.2 Å². The van der Waals surface area contributed by atoms with Crippen molar-refractivity contribution in [1.29, 1.82) is 0 Å². The molecule has 3 aromatic heterocycles. The Labute approximate surface area is 352 Å². The number of non-ortho nitro benzene ring substituents is 2. The number of nitro groups is 2. The molecule has 0 unspecified atom stereocenters. The molecule has 0 saturated heterocycles. The second kappa shape index (κ2) is 14.5. The van der Waals surface area contributed by atoms with E-state index in [-0.39, 0.29) is 11.4 Å². The first-order valence-corrected chi connectivity index (χ1v) is 19.9. The quantitative estimate of drug-likeness (QED) is 0.110. The summed E-state index contributed by atoms with van der Waals surface area (Å²) in [6.07, 6.45) is 0. The maximum absolute atomic E-state index is 11.4. The molecule has 62 heavy (non-hydrogen) atoms. The molecule has 0 radical (unpaired) electrons. The summed E-state index contributed by atoms with van der Waals surface area (Å²) in [5, 5.41) is 27.5. The Hall–Kier alpha value is -8.83. The summed E-state index contributed by atoms with van der Waals surface area (Å²) in [5.74, 6) is 0.969. The molecule has 0 N–H and O–H groups in total. The third-order valence-corrected chi connectivity index (χ3v) is 11.4. The lowest BCUT2D eigenvalue weighted by molar-refractivity contribution is -0.385. The zero-order valence-corrected chi connectivity index (χ0v) is 32.7. The van der Waals surface area contributed by atoms with E-state index in [0.29, 0.717) is 34.2 Å². The molecule has 8 aromatic carbocycles. The molecule has 0 aliphatic heterocycles. The highest BCUT2D eigenvalue weighted by atomic mass is 16.6. The Balaban J connectivity index is 1.06. The van der Waals surface area contributed by atoms with Crippen LogP contribution in [0.25, 0.3) is 100 Å². The SMILES string of the molecule is O=[N+]([O-])c1ccc(-c2nc(-c3ccc([N+](=O)[O-])cc3)nc(-c3cccc(-n4c5ccccc5c5ccc(-c6ccc7c(c6)c6ccccc6n7-c6ccccc6)cc54)c3)n2)cc1. The molecule has 11 rings (SSSR count). The van der Waals surface area contributed by atoms with E-state index in [4.69, 9.17) is 15.0 Å². The van der Waals surface area contributed by atoms with Crippen LogP contribution in [-0.2, 0) is 0 Å². The van der Waals surface area contributed by atoms with Crippen LogP contribution in [-0.4, -0.2) is 33.9 Å². The molecule has 0 fully saturated rings. The van der Waals surface area contributed by atoms with Crippen LogP contribution in [0.15, 0.2) is 188 Å². The second-order valence-corrected chi connectivity index (χ2v) is 15.0. The fourth-order valence-corrected chi connectivity index (χ4v) is 8.45. The van der Waals surface area contributed by atoms with Crippen LogP contribution in [0.1, 0.15) is 0 Å². The Kier molecular flexibility index (Phi) is 8.46. The van der Waals surface area contributed by atoms with E-state index in [1.54, 1.807) is 24.3 Å². The lowest BCUT2D eigenvalue weighted by Gasteiger charge is -2.12. The summed E-state index contributed by atoms with van der Waals surface area (Å²) in [6.45, 7) is 0. The van der Waals surface area contributed by atoms with Crippen molar-refractivity contribution in [2.24, 2.45) is 0 Å². The molecule has 11 nitrogen and oxygen atoms in total. The highest BCUT2D eigenvalue weighted by Crippen LogP contribution is 2.39. The van der Waals surface area contributed by atoms with Crippen LogP contribution in [0.3, 0.4) is 0 Å². The summed E-state index contributed by atoms with van der Waals surface area (Å²) in [6, 6.07) is 60.7. The largest absolute Gasteiger partial charge is 0.309 e. The number of hydrogen-bond acceptors (Lipinski definition) is 7. The van der Waals surface area contributed by atoms with Gasteiger partial charge in [0, 0.05) is 73.9 Å². The first-order valence-electron chi connectivity index (χ1n) is 19.9. The number of fused-ring (bicyclic) bond motifs is 6. The minimum Gasteiger partial charge on any atom is -0.309 e. The van der Waals surface area contributed by atoms with Gasteiger partial charge in [0.2, 0.25) is 0 Å². The number of nitrogens with zero attached hydrogens (tertiary/aromatic N) is 7. The summed E-state index contributed by atoms with van der Waals surface area (Å²) < 4.78 is 4.58. The van der Waals surface area contributed by atoms with Gasteiger partial charge in [-0.25, -0.2) is 15.0 Å². The summed E-state index contributed by atoms with van der Waals surface area (Å²) in [4.78, 5) is 36.4. The van der Waals surface area contributed by atoms with Gasteiger partial charge in [0.1, 0.15) is 0 Å². The minimum atomic E-state index is -0.460. The monoisotopic (exact) mass is 805 g/mol. The molecule has 0 saturated carbocycles. The highest BCUT2D eigenvalue weighted by Gasteiger charge is 2.19. The molecule has 294 valence electrons. The molecular weight excluding hydrogens is 775 g/mol. The van der Waals surface area contributed by atoms with Crippen molar-refractivity contribution in [3.05, 3.63) is 208 Å². The standard InChI is InChI=1S/C51H31N7O4/c59-57(60)38-23-17-32(18-24-38)49-52-50(33-19-25-39(26-20-33)58(61)62)54-51(53-49)36-9-8-12-40(29-36)56-45-15-6-4-13-41(45)43-27-21-35(31-48(43)56)34-22-28-47-44(30-34)42-14-5-7-16-46(42)55(47)37-10-2-1-3-11-37/h1-31H. The Bertz CT molecular complexity index is 3500. The molecule has 0 amide bonds. The Morgan fingerprint density at radius 3 is 1.40 bits per heavy atom. The smallest absolute Gasteiger partial charge is 0.269 e. The zero-order chi connectivity index (χ0) is 41.9. The number of nitro benzene ring substituents is 2. The molecule has 11 aromatic rings. The number of benzene rings is 8. The highest BCUT2D eigenvalue weighted by molar-refractivity contribution is 6.12. The summed E-state index contributed by atoms with van der Waals surface area (Å²) in [5.41, 5.74) is 10.2. The second-order valence-electron chi connectivity index (χ2n) is 15.0. The Morgan fingerprint density at radius 1 is 0.339 bits per heavy atom. The van der Waals surface area contributed by atoms with Crippen molar-refractivity contribution in [2.75, 3.05) is 0 Å². The van der Waals surface area contributed by atoms with Gasteiger partial charge in [-0.3, -0.25) is 20.2 Å². The van der Waals surface area contributed by atoms with Gasteiger partial charge in [0.05, 0.1) is 31.9 Å². The van der Waals surface area contributed by atoms with Crippen molar-refractivity contribution >= 4 is 55.0 Å². The van der Waals surface area contributed by atoms with Crippen LogP contribution in [0, 0.1) is 20.2 Å². The molecule has 0 atom stereocenters. The first-order chi connectivity index (χ1) is 30.4. The fraction of sp³-hybridized carbons (Fsp3) is 0. The van der Waals surface area contributed by atoms with E-state index in [2.05, 4.69) is 118 Å². The third kappa shape index (κ3) is 6.11. The van der Waals surface area contributed by atoms with Gasteiger partial charge in [-0.2, -0.15) is 0 Å². The van der Waals surface area contributed by atoms with Crippen LogP contribution >= 0.6 is 0 Å². The van der Waals surface area contributed by atoms with Crippen LogP contribution in [0.2, 0.25) is 0 Å². The first kappa shape index (κ1) is 36.3. The molecule has 0 spiro atoms. The van der Waals surface area contributed by atoms with E-state index in [1.165, 1.54) is 35.0 Å². The lowest BCUT2D eigenvalue weighted by atomic mass is 10.0. The fourth-order valence-electron chi connectivity index (χ4n) is 8.45. The van der Waals surface area contributed by atoms with Crippen LogP contribution in [0.5, 0.6) is 0 Å². The van der Waals surface area contributed by atoms with E-state index < -0.39 is 9.85 Å². The van der Waals surface area contributed by atoms with Gasteiger partial charge in [-0.05, 0) is 90.0 Å². The molecule has 3 heterocycles. The van der Waals surface area contributed by atoms with Gasteiger partial charge in [0.25, 0.3) is 11.4 Å². The average Bonchev–Trinajstić information content (AvgIpc) is 3.84. The van der Waals surface area contributed by atoms with Gasteiger partial charge < -0.3 is 9.13 Å². The van der Waals surface area contributed by atoms with Crippen molar-refractivity contribution < 1.29 is 9.85 Å². The minimum absolute atomic E-state index is 0.0585. The Morgan fingerprint density at radius 2 is 0.790 bits per heavy atom. The van der Waals surface area contributed by atoms with Crippen molar-refractivity contribution in [3.8, 4) is 56.7 Å². The number of para-hydroxylation sites is 3. The lowest BCUT2D eigenvalue weighted by Crippen LogP contribution is -2.01. The van der Waals surface area contributed by atoms with Crippen LogP contribution < -0.4 is 0 Å².